The van der Waals surface area contributed by atoms with Crippen molar-refractivity contribution in [2.75, 3.05) is 5.73 Å². The van der Waals surface area contributed by atoms with E-state index < -0.39 is 11.6 Å². The number of ether oxygens (including phenoxy) is 1. The molecule has 6 heteroatoms. The summed E-state index contributed by atoms with van der Waals surface area (Å²) < 4.78 is 5.62. The minimum absolute atomic E-state index is 0.0290. The standard InChI is InChI=1S/C20H13NO5/c21-18-15(26-11-7-5-10(22)6-8-11)9-14(23)16-17(18)20(25)13-4-2-1-3-12(13)19(16)24/h1-9,22-23H,21H2. The van der Waals surface area contributed by atoms with Crippen molar-refractivity contribution in [3.63, 3.8) is 0 Å². The van der Waals surface area contributed by atoms with Gasteiger partial charge in [-0.1, -0.05) is 24.3 Å². The first-order valence-electron chi connectivity index (χ1n) is 7.78. The third-order valence-corrected chi connectivity index (χ3v) is 4.24. The molecule has 26 heavy (non-hydrogen) atoms. The van der Waals surface area contributed by atoms with Crippen molar-refractivity contribution in [3.8, 4) is 23.0 Å². The molecule has 128 valence electrons. The SMILES string of the molecule is Nc1c(Oc2ccc(O)cc2)cc(O)c2c1C(=O)c1ccccc1C2=O. The lowest BCUT2D eigenvalue weighted by Crippen LogP contribution is -2.22. The Morgan fingerprint density at radius 2 is 1.38 bits per heavy atom. The van der Waals surface area contributed by atoms with Gasteiger partial charge in [-0.3, -0.25) is 9.59 Å². The number of anilines is 1. The van der Waals surface area contributed by atoms with Gasteiger partial charge < -0.3 is 20.7 Å². The molecule has 1 aliphatic rings. The zero-order valence-electron chi connectivity index (χ0n) is 13.4. The van der Waals surface area contributed by atoms with Crippen LogP contribution in [0.1, 0.15) is 31.8 Å². The summed E-state index contributed by atoms with van der Waals surface area (Å²) in [6.45, 7) is 0. The second-order valence-corrected chi connectivity index (χ2v) is 5.86. The number of carbonyl (C=O) groups is 2. The Morgan fingerprint density at radius 1 is 0.808 bits per heavy atom. The van der Waals surface area contributed by atoms with Gasteiger partial charge >= 0.3 is 0 Å². The second kappa shape index (κ2) is 5.63. The zero-order chi connectivity index (χ0) is 18.4. The molecule has 0 saturated carbocycles. The number of rotatable bonds is 2. The predicted molar refractivity (Wildman–Crippen MR) is 94.0 cm³/mol. The summed E-state index contributed by atoms with van der Waals surface area (Å²) in [5.74, 6) is -0.821. The summed E-state index contributed by atoms with van der Waals surface area (Å²) in [6, 6.07) is 13.5. The molecule has 4 rings (SSSR count). The number of hydrogen-bond donors (Lipinski definition) is 3. The molecule has 6 nitrogen and oxygen atoms in total. The van der Waals surface area contributed by atoms with Gasteiger partial charge in [0.15, 0.2) is 17.3 Å². The van der Waals surface area contributed by atoms with Crippen LogP contribution in [0, 0.1) is 0 Å². The Kier molecular flexibility index (Phi) is 3.40. The van der Waals surface area contributed by atoms with Gasteiger partial charge in [-0.15, -0.1) is 0 Å². The van der Waals surface area contributed by atoms with Crippen LogP contribution < -0.4 is 10.5 Å². The van der Waals surface area contributed by atoms with E-state index in [9.17, 15) is 19.8 Å². The maximum absolute atomic E-state index is 12.8. The Bertz CT molecular complexity index is 1070. The maximum Gasteiger partial charge on any atom is 0.198 e. The number of aromatic hydroxyl groups is 2. The number of phenols is 2. The number of carbonyl (C=O) groups excluding carboxylic acids is 2. The molecule has 3 aromatic carbocycles. The van der Waals surface area contributed by atoms with E-state index in [1.54, 1.807) is 18.2 Å². The van der Waals surface area contributed by atoms with Crippen LogP contribution >= 0.6 is 0 Å². The van der Waals surface area contributed by atoms with E-state index in [0.29, 0.717) is 5.75 Å². The molecule has 0 radical (unpaired) electrons. The topological polar surface area (TPSA) is 110 Å². The van der Waals surface area contributed by atoms with Crippen molar-refractivity contribution in [1.29, 1.82) is 0 Å². The number of fused-ring (bicyclic) bond motifs is 2. The van der Waals surface area contributed by atoms with E-state index in [2.05, 4.69) is 0 Å². The number of phenolic OH excluding ortho intramolecular Hbond substituents is 2. The smallest absolute Gasteiger partial charge is 0.198 e. The summed E-state index contributed by atoms with van der Waals surface area (Å²) >= 11 is 0. The first-order chi connectivity index (χ1) is 12.5. The molecule has 0 aliphatic heterocycles. The minimum atomic E-state index is -0.462. The molecule has 1 aliphatic carbocycles. The van der Waals surface area contributed by atoms with E-state index in [-0.39, 0.29) is 45.2 Å². The van der Waals surface area contributed by atoms with Crippen molar-refractivity contribution in [1.82, 2.24) is 0 Å². The summed E-state index contributed by atoms with van der Waals surface area (Å²) in [4.78, 5) is 25.5. The molecule has 0 unspecified atom stereocenters. The molecule has 4 N–H and O–H groups in total. The quantitative estimate of drug-likeness (QED) is 0.379. The van der Waals surface area contributed by atoms with Crippen molar-refractivity contribution < 1.29 is 24.5 Å². The van der Waals surface area contributed by atoms with E-state index >= 15 is 0 Å². The number of nitrogen functional groups attached to an aromatic ring is 1. The van der Waals surface area contributed by atoms with Crippen LogP contribution in [-0.4, -0.2) is 21.8 Å². The third-order valence-electron chi connectivity index (χ3n) is 4.24. The van der Waals surface area contributed by atoms with Gasteiger partial charge in [-0.25, -0.2) is 0 Å². The van der Waals surface area contributed by atoms with E-state index in [4.69, 9.17) is 10.5 Å². The van der Waals surface area contributed by atoms with Gasteiger partial charge in [0.05, 0.1) is 16.8 Å². The van der Waals surface area contributed by atoms with Crippen molar-refractivity contribution in [2.24, 2.45) is 0 Å². The fraction of sp³-hybridized carbons (Fsp3) is 0. The molecule has 0 atom stereocenters. The van der Waals surface area contributed by atoms with Crippen molar-refractivity contribution in [2.45, 2.75) is 0 Å². The average molecular weight is 347 g/mol. The molecule has 0 bridgehead atoms. The second-order valence-electron chi connectivity index (χ2n) is 5.86. The first-order valence-corrected chi connectivity index (χ1v) is 7.78. The zero-order valence-corrected chi connectivity index (χ0v) is 13.4. The molecular weight excluding hydrogens is 334 g/mol. The highest BCUT2D eigenvalue weighted by Gasteiger charge is 2.35. The van der Waals surface area contributed by atoms with Gasteiger partial charge in [0.1, 0.15) is 17.2 Å². The van der Waals surface area contributed by atoms with E-state index in [1.807, 2.05) is 0 Å². The number of nitrogens with two attached hydrogens (primary N) is 1. The van der Waals surface area contributed by atoms with Crippen LogP contribution in [0.2, 0.25) is 0 Å². The summed E-state index contributed by atoms with van der Waals surface area (Å²) in [5, 5.41) is 19.7. The van der Waals surface area contributed by atoms with Crippen LogP contribution in [0.15, 0.2) is 54.6 Å². The lowest BCUT2D eigenvalue weighted by atomic mass is 9.82. The van der Waals surface area contributed by atoms with Gasteiger partial charge in [0.2, 0.25) is 0 Å². The summed E-state index contributed by atoms with van der Waals surface area (Å²) in [5.41, 5.74) is 6.35. The fourth-order valence-electron chi connectivity index (χ4n) is 3.00. The van der Waals surface area contributed by atoms with Crippen LogP contribution in [0.3, 0.4) is 0 Å². The number of hydrogen-bond acceptors (Lipinski definition) is 6. The average Bonchev–Trinajstić information content (AvgIpc) is 2.64. The molecular formula is C20H13NO5. The fourth-order valence-corrected chi connectivity index (χ4v) is 3.00. The molecule has 0 heterocycles. The van der Waals surface area contributed by atoms with Crippen LogP contribution in [-0.2, 0) is 0 Å². The number of ketones is 2. The predicted octanol–water partition coefficient (Wildman–Crippen LogP) is 3.25. The molecule has 0 spiro atoms. The van der Waals surface area contributed by atoms with E-state index in [0.717, 1.165) is 0 Å². The molecule has 0 amide bonds. The van der Waals surface area contributed by atoms with E-state index in [1.165, 1.54) is 36.4 Å². The maximum atomic E-state index is 12.8. The Labute approximate surface area is 148 Å². The highest BCUT2D eigenvalue weighted by molar-refractivity contribution is 6.31. The molecule has 0 aromatic heterocycles. The highest BCUT2D eigenvalue weighted by atomic mass is 16.5. The normalized spacial score (nSPS) is 12.5. The van der Waals surface area contributed by atoms with Gasteiger partial charge in [0, 0.05) is 17.2 Å². The summed E-state index contributed by atoms with van der Waals surface area (Å²) in [6.07, 6.45) is 0. The summed E-state index contributed by atoms with van der Waals surface area (Å²) in [7, 11) is 0. The lowest BCUT2D eigenvalue weighted by molar-refractivity contribution is 0.0977. The highest BCUT2D eigenvalue weighted by Crippen LogP contribution is 2.42. The van der Waals surface area contributed by atoms with Crippen molar-refractivity contribution >= 4 is 17.3 Å². The largest absolute Gasteiger partial charge is 0.508 e. The Hall–Kier alpha value is -3.80. The molecule has 0 saturated heterocycles. The Morgan fingerprint density at radius 3 is 2.00 bits per heavy atom. The lowest BCUT2D eigenvalue weighted by Gasteiger charge is -2.21. The van der Waals surface area contributed by atoms with Crippen LogP contribution in [0.4, 0.5) is 5.69 Å². The van der Waals surface area contributed by atoms with Crippen LogP contribution in [0.25, 0.3) is 0 Å². The first kappa shape index (κ1) is 15.7. The molecule has 0 fully saturated rings. The van der Waals surface area contributed by atoms with Gasteiger partial charge in [-0.05, 0) is 24.3 Å². The molecule has 3 aromatic rings. The van der Waals surface area contributed by atoms with Gasteiger partial charge in [-0.2, -0.15) is 0 Å². The monoisotopic (exact) mass is 347 g/mol. The Balaban J connectivity index is 1.87. The van der Waals surface area contributed by atoms with Crippen molar-refractivity contribution in [3.05, 3.63) is 76.9 Å². The van der Waals surface area contributed by atoms with Gasteiger partial charge in [0.25, 0.3) is 0 Å². The van der Waals surface area contributed by atoms with Crippen LogP contribution in [0.5, 0.6) is 23.0 Å². The third kappa shape index (κ3) is 2.28. The number of benzene rings is 3. The minimum Gasteiger partial charge on any atom is -0.508 e.